The third-order valence-electron chi connectivity index (χ3n) is 3.93. The molecule has 1 aromatic carbocycles. The van der Waals surface area contributed by atoms with Crippen LogP contribution >= 0.6 is 23.2 Å². The Balaban J connectivity index is 2.35. The maximum atomic E-state index is 12.8. The van der Waals surface area contributed by atoms with Gasteiger partial charge in [-0.05, 0) is 38.5 Å². The Morgan fingerprint density at radius 1 is 1.25 bits per heavy atom. The van der Waals surface area contributed by atoms with Gasteiger partial charge in [0.1, 0.15) is 4.90 Å². The summed E-state index contributed by atoms with van der Waals surface area (Å²) >= 11 is 12.0. The van der Waals surface area contributed by atoms with Gasteiger partial charge in [0.25, 0.3) is 0 Å². The standard InChI is InChI=1S/C16H21Cl2N3O2S/c1-5-8-21-12(3)14(11(2)19-21)10-20(4)24(22,23)16-9-13(17)6-7-15(16)18/h6-7,9H,5,8,10H2,1-4H3. The number of hydrogen-bond donors (Lipinski definition) is 0. The van der Waals surface area contributed by atoms with Gasteiger partial charge in [-0.15, -0.1) is 0 Å². The number of sulfonamides is 1. The molecule has 0 amide bonds. The molecule has 2 aromatic rings. The van der Waals surface area contributed by atoms with Crippen molar-refractivity contribution in [2.24, 2.45) is 0 Å². The Bertz CT molecular complexity index is 847. The molecule has 0 spiro atoms. The van der Waals surface area contributed by atoms with E-state index in [1.807, 2.05) is 18.5 Å². The van der Waals surface area contributed by atoms with Gasteiger partial charge < -0.3 is 0 Å². The molecule has 1 aromatic heterocycles. The van der Waals surface area contributed by atoms with E-state index in [0.717, 1.165) is 29.9 Å². The summed E-state index contributed by atoms with van der Waals surface area (Å²) in [4.78, 5) is 0.00965. The zero-order valence-electron chi connectivity index (χ0n) is 14.2. The molecule has 24 heavy (non-hydrogen) atoms. The summed E-state index contributed by atoms with van der Waals surface area (Å²) in [6, 6.07) is 4.42. The van der Waals surface area contributed by atoms with E-state index in [9.17, 15) is 8.42 Å². The number of hydrogen-bond acceptors (Lipinski definition) is 3. The summed E-state index contributed by atoms with van der Waals surface area (Å²) in [5.41, 5.74) is 2.72. The van der Waals surface area contributed by atoms with Crippen LogP contribution in [0.15, 0.2) is 23.1 Å². The second kappa shape index (κ2) is 7.44. The van der Waals surface area contributed by atoms with Crippen LogP contribution in [-0.2, 0) is 23.1 Å². The predicted octanol–water partition coefficient (Wildman–Crippen LogP) is 4.04. The number of aromatic nitrogens is 2. The van der Waals surface area contributed by atoms with Crippen molar-refractivity contribution >= 4 is 33.2 Å². The van der Waals surface area contributed by atoms with Gasteiger partial charge >= 0.3 is 0 Å². The largest absolute Gasteiger partial charge is 0.269 e. The molecule has 0 unspecified atom stereocenters. The van der Waals surface area contributed by atoms with Crippen LogP contribution < -0.4 is 0 Å². The third-order valence-corrected chi connectivity index (χ3v) is 6.45. The van der Waals surface area contributed by atoms with Crippen LogP contribution in [0.5, 0.6) is 0 Å². The average Bonchev–Trinajstić information content (AvgIpc) is 2.77. The van der Waals surface area contributed by atoms with Gasteiger partial charge in [-0.3, -0.25) is 4.68 Å². The van der Waals surface area contributed by atoms with Gasteiger partial charge in [-0.25, -0.2) is 8.42 Å². The van der Waals surface area contributed by atoms with Gasteiger partial charge in [0, 0.05) is 36.4 Å². The van der Waals surface area contributed by atoms with Gasteiger partial charge in [-0.2, -0.15) is 9.40 Å². The molecule has 0 saturated heterocycles. The van der Waals surface area contributed by atoms with Gasteiger partial charge in [0.05, 0.1) is 10.7 Å². The molecule has 132 valence electrons. The topological polar surface area (TPSA) is 55.2 Å². The van der Waals surface area contributed by atoms with Crippen LogP contribution in [0.1, 0.15) is 30.3 Å². The minimum Gasteiger partial charge on any atom is -0.269 e. The normalized spacial score (nSPS) is 12.1. The van der Waals surface area contributed by atoms with Gasteiger partial charge in [-0.1, -0.05) is 30.1 Å². The number of rotatable bonds is 6. The average molecular weight is 390 g/mol. The number of halogens is 2. The fourth-order valence-corrected chi connectivity index (χ4v) is 4.41. The predicted molar refractivity (Wildman–Crippen MR) is 97.1 cm³/mol. The first kappa shape index (κ1) is 19.2. The van der Waals surface area contributed by atoms with Crippen molar-refractivity contribution in [3.63, 3.8) is 0 Å². The first-order chi connectivity index (χ1) is 11.2. The minimum absolute atomic E-state index is 0.00965. The molecule has 0 bridgehead atoms. The Morgan fingerprint density at radius 3 is 2.54 bits per heavy atom. The monoisotopic (exact) mass is 389 g/mol. The molecule has 0 saturated carbocycles. The van der Waals surface area contributed by atoms with Crippen LogP contribution in [0.3, 0.4) is 0 Å². The Hall–Kier alpha value is -1.08. The molecule has 0 atom stereocenters. The lowest BCUT2D eigenvalue weighted by atomic mass is 10.2. The molecular formula is C16H21Cl2N3O2S. The zero-order valence-corrected chi connectivity index (χ0v) is 16.5. The molecule has 0 N–H and O–H groups in total. The van der Waals surface area contributed by atoms with Gasteiger partial charge in [0.2, 0.25) is 10.0 Å². The fraction of sp³-hybridized carbons (Fsp3) is 0.438. The number of nitrogens with zero attached hydrogens (tertiary/aromatic N) is 3. The van der Waals surface area contributed by atoms with Crippen LogP contribution in [-0.4, -0.2) is 29.6 Å². The molecule has 1 heterocycles. The summed E-state index contributed by atoms with van der Waals surface area (Å²) in [6.07, 6.45) is 0.966. The van der Waals surface area contributed by atoms with Crippen LogP contribution in [0.2, 0.25) is 10.0 Å². The summed E-state index contributed by atoms with van der Waals surface area (Å²) in [7, 11) is -2.22. The molecule has 8 heteroatoms. The first-order valence-electron chi connectivity index (χ1n) is 7.62. The van der Waals surface area contributed by atoms with E-state index in [1.54, 1.807) is 6.07 Å². The highest BCUT2D eigenvalue weighted by atomic mass is 35.5. The van der Waals surface area contributed by atoms with E-state index in [2.05, 4.69) is 12.0 Å². The number of benzene rings is 1. The van der Waals surface area contributed by atoms with E-state index >= 15 is 0 Å². The fourth-order valence-electron chi connectivity index (χ4n) is 2.54. The highest BCUT2D eigenvalue weighted by Crippen LogP contribution is 2.28. The van der Waals surface area contributed by atoms with E-state index in [-0.39, 0.29) is 16.5 Å². The molecular weight excluding hydrogens is 369 g/mol. The van der Waals surface area contributed by atoms with Crippen LogP contribution in [0.4, 0.5) is 0 Å². The first-order valence-corrected chi connectivity index (χ1v) is 9.82. The molecule has 5 nitrogen and oxygen atoms in total. The van der Waals surface area contributed by atoms with Crippen molar-refractivity contribution in [2.75, 3.05) is 7.05 Å². The quantitative estimate of drug-likeness (QED) is 0.748. The van der Waals surface area contributed by atoms with E-state index in [0.29, 0.717) is 5.02 Å². The van der Waals surface area contributed by atoms with Crippen molar-refractivity contribution in [3.05, 3.63) is 45.2 Å². The van der Waals surface area contributed by atoms with E-state index < -0.39 is 10.0 Å². The summed E-state index contributed by atoms with van der Waals surface area (Å²) in [6.45, 7) is 6.96. The van der Waals surface area contributed by atoms with Crippen molar-refractivity contribution < 1.29 is 8.42 Å². The summed E-state index contributed by atoms with van der Waals surface area (Å²) in [5, 5.41) is 4.97. The third kappa shape index (κ3) is 3.77. The highest BCUT2D eigenvalue weighted by Gasteiger charge is 2.26. The molecule has 2 rings (SSSR count). The SMILES string of the molecule is CCCn1nc(C)c(CN(C)S(=O)(=O)c2cc(Cl)ccc2Cl)c1C. The van der Waals surface area contributed by atoms with E-state index in [4.69, 9.17) is 23.2 Å². The van der Waals surface area contributed by atoms with Gasteiger partial charge in [0.15, 0.2) is 0 Å². The van der Waals surface area contributed by atoms with Crippen molar-refractivity contribution in [3.8, 4) is 0 Å². The lowest BCUT2D eigenvalue weighted by molar-refractivity contribution is 0.464. The smallest absolute Gasteiger partial charge is 0.244 e. The second-order valence-electron chi connectivity index (χ2n) is 5.71. The van der Waals surface area contributed by atoms with Crippen molar-refractivity contribution in [1.82, 2.24) is 14.1 Å². The number of aryl methyl sites for hydroxylation is 2. The van der Waals surface area contributed by atoms with Crippen molar-refractivity contribution in [2.45, 2.75) is 45.2 Å². The summed E-state index contributed by atoms with van der Waals surface area (Å²) < 4.78 is 28.8. The summed E-state index contributed by atoms with van der Waals surface area (Å²) in [5.74, 6) is 0. The van der Waals surface area contributed by atoms with Crippen molar-refractivity contribution in [1.29, 1.82) is 0 Å². The zero-order chi connectivity index (χ0) is 18.1. The molecule has 0 aliphatic heterocycles. The lowest BCUT2D eigenvalue weighted by Crippen LogP contribution is -2.27. The van der Waals surface area contributed by atoms with E-state index in [1.165, 1.54) is 23.5 Å². The lowest BCUT2D eigenvalue weighted by Gasteiger charge is -2.18. The molecule has 0 fully saturated rings. The Morgan fingerprint density at radius 2 is 1.92 bits per heavy atom. The van der Waals surface area contributed by atoms with Crippen LogP contribution in [0.25, 0.3) is 0 Å². The highest BCUT2D eigenvalue weighted by molar-refractivity contribution is 7.89. The minimum atomic E-state index is -3.75. The molecule has 0 radical (unpaired) electrons. The maximum Gasteiger partial charge on any atom is 0.244 e. The molecule has 0 aliphatic carbocycles. The Labute approximate surface area is 153 Å². The van der Waals surface area contributed by atoms with Crippen LogP contribution in [0, 0.1) is 13.8 Å². The maximum absolute atomic E-state index is 12.8. The Kier molecular flexibility index (Phi) is 5.96. The molecule has 0 aliphatic rings. The second-order valence-corrected chi connectivity index (χ2v) is 8.57.